The number of Topliss-reactive ketones (excluding diaryl/α,β-unsaturated/α-hetero) is 1. The number of ether oxygens (including phenoxy) is 1. The number of carbonyl (C=O) groups excluding carboxylic acids is 3. The van der Waals surface area contributed by atoms with Crippen molar-refractivity contribution in [3.05, 3.63) is 78.1 Å². The first-order valence-electron chi connectivity index (χ1n) is 9.11. The zero-order chi connectivity index (χ0) is 21.0. The number of rotatable bonds is 6. The van der Waals surface area contributed by atoms with Crippen LogP contribution in [0, 0.1) is 0 Å². The summed E-state index contributed by atoms with van der Waals surface area (Å²) in [5, 5.41) is 0. The number of benzene rings is 2. The number of nitrogens with zero attached hydrogens (tertiary/aromatic N) is 1. The number of esters is 1. The van der Waals surface area contributed by atoms with Crippen LogP contribution in [0.1, 0.15) is 34.8 Å². The maximum Gasteiger partial charge on any atom is 0.375 e. The van der Waals surface area contributed by atoms with E-state index in [0.29, 0.717) is 17.0 Å². The number of likely N-dealkylation sites (N-methyl/N-ethyl adjacent to an activating group) is 1. The lowest BCUT2D eigenvalue weighted by Crippen LogP contribution is -2.37. The first-order chi connectivity index (χ1) is 13.9. The lowest BCUT2D eigenvalue weighted by atomic mass is 10.1. The zero-order valence-corrected chi connectivity index (χ0v) is 16.4. The van der Waals surface area contributed by atoms with Crippen molar-refractivity contribution < 1.29 is 23.5 Å². The van der Waals surface area contributed by atoms with Gasteiger partial charge in [-0.3, -0.25) is 9.59 Å². The maximum atomic E-state index is 12.5. The SMILES string of the molecule is CC(=O)c1ccc(-c2ccc(C(=O)O[C@@H](C)C(=O)N(C)c3ccccc3)o2)cc1. The summed E-state index contributed by atoms with van der Waals surface area (Å²) in [5.74, 6) is -0.639. The molecule has 6 heteroatoms. The van der Waals surface area contributed by atoms with E-state index in [0.717, 1.165) is 5.56 Å². The molecule has 0 N–H and O–H groups in total. The average molecular weight is 391 g/mol. The van der Waals surface area contributed by atoms with Gasteiger partial charge in [-0.15, -0.1) is 0 Å². The van der Waals surface area contributed by atoms with Crippen molar-refractivity contribution in [3.63, 3.8) is 0 Å². The van der Waals surface area contributed by atoms with E-state index in [4.69, 9.17) is 9.15 Å². The molecule has 6 nitrogen and oxygen atoms in total. The first kappa shape index (κ1) is 20.1. The van der Waals surface area contributed by atoms with Crippen LogP contribution in [0.15, 0.2) is 71.1 Å². The zero-order valence-electron chi connectivity index (χ0n) is 16.4. The molecule has 0 fully saturated rings. The minimum atomic E-state index is -0.976. The van der Waals surface area contributed by atoms with Crippen molar-refractivity contribution in [3.8, 4) is 11.3 Å². The molecule has 2 aromatic carbocycles. The van der Waals surface area contributed by atoms with Gasteiger partial charge in [-0.1, -0.05) is 42.5 Å². The number of hydrogen-bond donors (Lipinski definition) is 0. The van der Waals surface area contributed by atoms with Gasteiger partial charge < -0.3 is 14.1 Å². The van der Waals surface area contributed by atoms with Gasteiger partial charge in [-0.2, -0.15) is 0 Å². The highest BCUT2D eigenvalue weighted by Crippen LogP contribution is 2.23. The predicted molar refractivity (Wildman–Crippen MR) is 109 cm³/mol. The third-order valence-electron chi connectivity index (χ3n) is 4.49. The molecule has 0 saturated carbocycles. The third-order valence-corrected chi connectivity index (χ3v) is 4.49. The molecule has 1 aromatic heterocycles. The van der Waals surface area contributed by atoms with Gasteiger partial charge >= 0.3 is 5.97 Å². The summed E-state index contributed by atoms with van der Waals surface area (Å²) in [6, 6.07) is 19.1. The number of para-hydroxylation sites is 1. The van der Waals surface area contributed by atoms with Crippen LogP contribution in [-0.2, 0) is 9.53 Å². The number of hydrogen-bond acceptors (Lipinski definition) is 5. The van der Waals surface area contributed by atoms with E-state index < -0.39 is 12.1 Å². The van der Waals surface area contributed by atoms with Crippen molar-refractivity contribution in [1.29, 1.82) is 0 Å². The molecule has 0 saturated heterocycles. The Balaban J connectivity index is 1.66. The Hall–Kier alpha value is -3.67. The van der Waals surface area contributed by atoms with Crippen LogP contribution in [0.3, 0.4) is 0 Å². The summed E-state index contributed by atoms with van der Waals surface area (Å²) in [6.07, 6.45) is -0.976. The summed E-state index contributed by atoms with van der Waals surface area (Å²) in [5.41, 5.74) is 2.02. The normalized spacial score (nSPS) is 11.6. The lowest BCUT2D eigenvalue weighted by molar-refractivity contribution is -0.126. The van der Waals surface area contributed by atoms with Crippen LogP contribution < -0.4 is 4.90 Å². The van der Waals surface area contributed by atoms with Gasteiger partial charge in [-0.25, -0.2) is 4.79 Å². The van der Waals surface area contributed by atoms with E-state index in [2.05, 4.69) is 0 Å². The van der Waals surface area contributed by atoms with Crippen molar-refractivity contribution in [2.45, 2.75) is 20.0 Å². The number of amides is 1. The topological polar surface area (TPSA) is 76.8 Å². The number of anilines is 1. The summed E-state index contributed by atoms with van der Waals surface area (Å²) in [6.45, 7) is 3.01. The molecule has 29 heavy (non-hydrogen) atoms. The van der Waals surface area contributed by atoms with Gasteiger partial charge in [0.15, 0.2) is 11.9 Å². The number of ketones is 1. The van der Waals surface area contributed by atoms with Crippen LogP contribution in [0.4, 0.5) is 5.69 Å². The van der Waals surface area contributed by atoms with Crippen LogP contribution >= 0.6 is 0 Å². The van der Waals surface area contributed by atoms with E-state index in [1.807, 2.05) is 18.2 Å². The number of carbonyl (C=O) groups is 3. The molecule has 1 heterocycles. The van der Waals surface area contributed by atoms with Crippen molar-refractivity contribution in [2.24, 2.45) is 0 Å². The van der Waals surface area contributed by atoms with E-state index in [-0.39, 0.29) is 17.5 Å². The minimum absolute atomic E-state index is 0.00217. The first-order valence-corrected chi connectivity index (χ1v) is 9.11. The Labute approximate surface area is 168 Å². The Morgan fingerprint density at radius 1 is 0.931 bits per heavy atom. The highest BCUT2D eigenvalue weighted by molar-refractivity contribution is 5.98. The average Bonchev–Trinajstić information content (AvgIpc) is 3.23. The van der Waals surface area contributed by atoms with Crippen LogP contribution in [0.2, 0.25) is 0 Å². The predicted octanol–water partition coefficient (Wildman–Crippen LogP) is 4.36. The quantitative estimate of drug-likeness (QED) is 0.461. The number of furan rings is 1. The maximum absolute atomic E-state index is 12.5. The highest BCUT2D eigenvalue weighted by Gasteiger charge is 2.24. The molecular formula is C23H21NO5. The van der Waals surface area contributed by atoms with Gasteiger partial charge in [0.05, 0.1) is 0 Å². The molecule has 0 bridgehead atoms. The third kappa shape index (κ3) is 4.60. The summed E-state index contributed by atoms with van der Waals surface area (Å²) in [7, 11) is 1.62. The molecule has 0 radical (unpaired) electrons. The van der Waals surface area contributed by atoms with Gasteiger partial charge in [0, 0.05) is 23.9 Å². The monoisotopic (exact) mass is 391 g/mol. The largest absolute Gasteiger partial charge is 0.449 e. The molecule has 0 spiro atoms. The van der Waals surface area contributed by atoms with Gasteiger partial charge in [0.1, 0.15) is 5.76 Å². The second-order valence-electron chi connectivity index (χ2n) is 6.58. The molecular weight excluding hydrogens is 370 g/mol. The summed E-state index contributed by atoms with van der Waals surface area (Å²) < 4.78 is 10.8. The van der Waals surface area contributed by atoms with E-state index >= 15 is 0 Å². The Morgan fingerprint density at radius 3 is 2.21 bits per heavy atom. The molecule has 1 amide bonds. The Bertz CT molecular complexity index is 1020. The van der Waals surface area contributed by atoms with E-state index in [1.165, 1.54) is 24.8 Å². The fourth-order valence-corrected chi connectivity index (χ4v) is 2.79. The van der Waals surface area contributed by atoms with Gasteiger partial charge in [0.2, 0.25) is 5.76 Å². The highest BCUT2D eigenvalue weighted by atomic mass is 16.6. The van der Waals surface area contributed by atoms with E-state index in [9.17, 15) is 14.4 Å². The summed E-state index contributed by atoms with van der Waals surface area (Å²) in [4.78, 5) is 37.7. The summed E-state index contributed by atoms with van der Waals surface area (Å²) >= 11 is 0. The van der Waals surface area contributed by atoms with Crippen LogP contribution in [0.25, 0.3) is 11.3 Å². The fourth-order valence-electron chi connectivity index (χ4n) is 2.79. The fraction of sp³-hybridized carbons (Fsp3) is 0.174. The minimum Gasteiger partial charge on any atom is -0.449 e. The lowest BCUT2D eigenvalue weighted by Gasteiger charge is -2.21. The standard InChI is InChI=1S/C23H21NO5/c1-15(25)17-9-11-18(12-10-17)20-13-14-21(29-20)23(27)28-16(2)22(26)24(3)19-7-5-4-6-8-19/h4-14,16H,1-3H3/t16-/m0/s1. The Kier molecular flexibility index (Phi) is 5.93. The van der Waals surface area contributed by atoms with Gasteiger partial charge in [-0.05, 0) is 38.1 Å². The van der Waals surface area contributed by atoms with E-state index in [1.54, 1.807) is 49.5 Å². The van der Waals surface area contributed by atoms with Crippen molar-refractivity contribution in [2.75, 3.05) is 11.9 Å². The molecule has 0 aliphatic heterocycles. The van der Waals surface area contributed by atoms with Crippen LogP contribution in [0.5, 0.6) is 0 Å². The second-order valence-corrected chi connectivity index (χ2v) is 6.58. The van der Waals surface area contributed by atoms with Crippen molar-refractivity contribution in [1.82, 2.24) is 0 Å². The molecule has 3 rings (SSSR count). The van der Waals surface area contributed by atoms with Gasteiger partial charge in [0.25, 0.3) is 5.91 Å². The smallest absolute Gasteiger partial charge is 0.375 e. The second kappa shape index (κ2) is 8.56. The molecule has 3 aromatic rings. The molecule has 1 atom stereocenters. The van der Waals surface area contributed by atoms with Crippen molar-refractivity contribution >= 4 is 23.3 Å². The molecule has 0 aliphatic rings. The molecule has 0 unspecified atom stereocenters. The molecule has 148 valence electrons. The Morgan fingerprint density at radius 2 is 1.59 bits per heavy atom. The molecule has 0 aliphatic carbocycles. The van der Waals surface area contributed by atoms with Crippen LogP contribution in [-0.4, -0.2) is 30.8 Å².